The molecule has 6 nitrogen and oxygen atoms in total. The Kier molecular flexibility index (Phi) is 6.20. The number of nitrogens with zero attached hydrogens (tertiary/aromatic N) is 1. The van der Waals surface area contributed by atoms with Gasteiger partial charge in [-0.25, -0.2) is 4.79 Å². The third kappa shape index (κ3) is 4.46. The van der Waals surface area contributed by atoms with Gasteiger partial charge in [0.15, 0.2) is 0 Å². The lowest BCUT2D eigenvalue weighted by Crippen LogP contribution is -2.35. The highest BCUT2D eigenvalue weighted by Gasteiger charge is 2.38. The quantitative estimate of drug-likeness (QED) is 0.459. The van der Waals surface area contributed by atoms with Crippen LogP contribution in [-0.4, -0.2) is 34.9 Å². The fourth-order valence-electron chi connectivity index (χ4n) is 2.34. The van der Waals surface area contributed by atoms with Crippen LogP contribution in [0, 0.1) is 5.41 Å². The fourth-order valence-corrected chi connectivity index (χ4v) is 2.62. The normalized spacial score (nSPS) is 27.3. The number of rotatable bonds is 5. The van der Waals surface area contributed by atoms with E-state index in [1.54, 1.807) is 6.92 Å². The molecule has 1 rings (SSSR count). The maximum absolute atomic E-state index is 11.9. The van der Waals surface area contributed by atoms with Crippen LogP contribution < -0.4 is 5.73 Å². The molecule has 3 N–H and O–H groups in total. The van der Waals surface area contributed by atoms with Crippen LogP contribution in [0.1, 0.15) is 39.5 Å². The third-order valence-corrected chi connectivity index (χ3v) is 4.04. The largest absolute Gasteiger partial charge is 0.478 e. The predicted octanol–water partition coefficient (Wildman–Crippen LogP) is 2.06. The van der Waals surface area contributed by atoms with Gasteiger partial charge in [-0.1, -0.05) is 11.6 Å². The number of hydrogen-bond donors (Lipinski definition) is 2. The van der Waals surface area contributed by atoms with E-state index in [1.165, 1.54) is 0 Å². The topological polar surface area (TPSA) is 102 Å². The lowest BCUT2D eigenvalue weighted by Gasteiger charge is -2.33. The highest BCUT2D eigenvalue weighted by Crippen LogP contribution is 2.38. The van der Waals surface area contributed by atoms with E-state index in [4.69, 9.17) is 27.2 Å². The first-order valence-electron chi connectivity index (χ1n) is 6.90. The van der Waals surface area contributed by atoms with Crippen molar-refractivity contribution in [3.05, 3.63) is 11.8 Å². The second kappa shape index (κ2) is 7.45. The number of esters is 1. The standard InChI is InChI=1S/C14H21ClN2O4/c1-3-21-13(20)14(2)6-4-9(5-7-14)17-11(15)10(8-16)12(18)19/h8-9H,3-7,16H2,1-2H3,(H,18,19). The van der Waals surface area contributed by atoms with Crippen molar-refractivity contribution in [2.24, 2.45) is 16.1 Å². The van der Waals surface area contributed by atoms with Crippen LogP contribution >= 0.6 is 11.6 Å². The summed E-state index contributed by atoms with van der Waals surface area (Å²) in [5.41, 5.74) is 4.52. The van der Waals surface area contributed by atoms with E-state index in [-0.39, 0.29) is 22.8 Å². The summed E-state index contributed by atoms with van der Waals surface area (Å²) in [6.45, 7) is 4.03. The Balaban J connectivity index is 2.69. The maximum atomic E-state index is 11.9. The zero-order chi connectivity index (χ0) is 16.0. The van der Waals surface area contributed by atoms with E-state index in [0.29, 0.717) is 32.3 Å². The van der Waals surface area contributed by atoms with Crippen LogP contribution in [0.3, 0.4) is 0 Å². The van der Waals surface area contributed by atoms with Gasteiger partial charge in [0.1, 0.15) is 10.7 Å². The van der Waals surface area contributed by atoms with Gasteiger partial charge in [0, 0.05) is 6.20 Å². The molecule has 0 heterocycles. The minimum atomic E-state index is -1.21. The van der Waals surface area contributed by atoms with E-state index >= 15 is 0 Å². The summed E-state index contributed by atoms with van der Waals surface area (Å²) in [5, 5.41) is 8.81. The molecule has 0 unspecified atom stereocenters. The van der Waals surface area contributed by atoms with Crippen LogP contribution in [-0.2, 0) is 14.3 Å². The first-order valence-corrected chi connectivity index (χ1v) is 7.28. The van der Waals surface area contributed by atoms with Crippen molar-refractivity contribution < 1.29 is 19.4 Å². The van der Waals surface area contributed by atoms with E-state index in [0.717, 1.165) is 6.20 Å². The minimum Gasteiger partial charge on any atom is -0.478 e. The molecule has 118 valence electrons. The van der Waals surface area contributed by atoms with Gasteiger partial charge in [-0.15, -0.1) is 0 Å². The molecular formula is C14H21ClN2O4. The highest BCUT2D eigenvalue weighted by molar-refractivity contribution is 6.72. The summed E-state index contributed by atoms with van der Waals surface area (Å²) in [5.74, 6) is -1.40. The van der Waals surface area contributed by atoms with Gasteiger partial charge in [-0.2, -0.15) is 0 Å². The summed E-state index contributed by atoms with van der Waals surface area (Å²) in [6.07, 6.45) is 3.52. The van der Waals surface area contributed by atoms with Crippen molar-refractivity contribution in [2.75, 3.05) is 6.61 Å². The van der Waals surface area contributed by atoms with Gasteiger partial charge in [0.25, 0.3) is 0 Å². The maximum Gasteiger partial charge on any atom is 0.340 e. The molecule has 0 aliphatic heterocycles. The first kappa shape index (κ1) is 17.5. The number of halogens is 1. The SMILES string of the molecule is CCOC(=O)C1(C)CCC(N=C(Cl)C(=CN)C(=O)O)CC1. The van der Waals surface area contributed by atoms with Gasteiger partial charge < -0.3 is 15.6 Å². The third-order valence-electron chi connectivity index (χ3n) is 3.74. The molecule has 1 aliphatic carbocycles. The van der Waals surface area contributed by atoms with E-state index in [2.05, 4.69) is 4.99 Å². The molecule has 1 fully saturated rings. The second-order valence-corrected chi connectivity index (χ2v) is 5.68. The van der Waals surface area contributed by atoms with E-state index in [1.807, 2.05) is 6.92 Å². The fraction of sp³-hybridized carbons (Fsp3) is 0.643. The molecule has 0 bridgehead atoms. The average molecular weight is 317 g/mol. The number of hydrogen-bond acceptors (Lipinski definition) is 5. The number of carboxylic acids is 1. The number of carbonyl (C=O) groups excluding carboxylic acids is 1. The molecular weight excluding hydrogens is 296 g/mol. The molecule has 0 saturated heterocycles. The minimum absolute atomic E-state index is 0.102. The highest BCUT2D eigenvalue weighted by atomic mass is 35.5. The van der Waals surface area contributed by atoms with Crippen molar-refractivity contribution in [3.8, 4) is 0 Å². The Labute approximate surface area is 129 Å². The molecule has 7 heteroatoms. The zero-order valence-corrected chi connectivity index (χ0v) is 13.0. The van der Waals surface area contributed by atoms with Crippen LogP contribution in [0.5, 0.6) is 0 Å². The summed E-state index contributed by atoms with van der Waals surface area (Å²) in [6, 6.07) is -0.102. The average Bonchev–Trinajstić information content (AvgIpc) is 2.42. The van der Waals surface area contributed by atoms with Crippen molar-refractivity contribution in [1.29, 1.82) is 0 Å². The Hall–Kier alpha value is -1.56. The molecule has 0 aromatic carbocycles. The zero-order valence-electron chi connectivity index (χ0n) is 12.3. The Morgan fingerprint density at radius 3 is 2.48 bits per heavy atom. The second-order valence-electron chi connectivity index (χ2n) is 5.32. The Morgan fingerprint density at radius 2 is 2.05 bits per heavy atom. The lowest BCUT2D eigenvalue weighted by molar-refractivity contribution is -0.156. The lowest BCUT2D eigenvalue weighted by atomic mass is 9.74. The van der Waals surface area contributed by atoms with E-state index in [9.17, 15) is 9.59 Å². The number of nitrogens with two attached hydrogens (primary N) is 1. The molecule has 0 spiro atoms. The molecule has 0 aromatic rings. The Bertz CT molecular complexity index is 466. The van der Waals surface area contributed by atoms with Crippen molar-refractivity contribution in [2.45, 2.75) is 45.6 Å². The predicted molar refractivity (Wildman–Crippen MR) is 80.2 cm³/mol. The van der Waals surface area contributed by atoms with Gasteiger partial charge in [0.05, 0.1) is 18.1 Å². The van der Waals surface area contributed by atoms with Gasteiger partial charge in [-0.05, 0) is 39.5 Å². The summed E-state index contributed by atoms with van der Waals surface area (Å²) in [7, 11) is 0. The molecule has 1 saturated carbocycles. The molecule has 0 amide bonds. The van der Waals surface area contributed by atoms with E-state index < -0.39 is 11.4 Å². The summed E-state index contributed by atoms with van der Waals surface area (Å²) >= 11 is 5.89. The molecule has 0 atom stereocenters. The van der Waals surface area contributed by atoms with Crippen LogP contribution in [0.2, 0.25) is 0 Å². The number of aliphatic carboxylic acids is 1. The summed E-state index contributed by atoms with van der Waals surface area (Å²) < 4.78 is 5.08. The van der Waals surface area contributed by atoms with Crippen LogP contribution in [0.4, 0.5) is 0 Å². The van der Waals surface area contributed by atoms with Crippen LogP contribution in [0.25, 0.3) is 0 Å². The van der Waals surface area contributed by atoms with Crippen molar-refractivity contribution in [1.82, 2.24) is 0 Å². The summed E-state index contributed by atoms with van der Waals surface area (Å²) in [4.78, 5) is 27.0. The van der Waals surface area contributed by atoms with Gasteiger partial charge >= 0.3 is 11.9 Å². The number of aliphatic imine (C=N–C) groups is 1. The molecule has 0 radical (unpaired) electrons. The molecule has 1 aliphatic rings. The van der Waals surface area contributed by atoms with Crippen LogP contribution in [0.15, 0.2) is 16.8 Å². The van der Waals surface area contributed by atoms with Crippen molar-refractivity contribution in [3.63, 3.8) is 0 Å². The van der Waals surface area contributed by atoms with Crippen molar-refractivity contribution >= 4 is 28.7 Å². The monoisotopic (exact) mass is 316 g/mol. The smallest absolute Gasteiger partial charge is 0.340 e. The first-order chi connectivity index (χ1) is 9.84. The molecule has 0 aromatic heterocycles. The molecule has 21 heavy (non-hydrogen) atoms. The van der Waals surface area contributed by atoms with Gasteiger partial charge in [0.2, 0.25) is 0 Å². The number of ether oxygens (including phenoxy) is 1. The Morgan fingerprint density at radius 1 is 1.48 bits per heavy atom. The number of carbonyl (C=O) groups is 2. The number of carboxylic acid groups (broad SMARTS) is 1. The van der Waals surface area contributed by atoms with Gasteiger partial charge in [-0.3, -0.25) is 9.79 Å².